The van der Waals surface area contributed by atoms with E-state index in [1.165, 1.54) is 21.9 Å². The van der Waals surface area contributed by atoms with Crippen molar-refractivity contribution < 1.29 is 9.50 Å². The number of aliphatic hydroxyl groups excluding tert-OH is 1. The van der Waals surface area contributed by atoms with Gasteiger partial charge < -0.3 is 5.11 Å². The lowest BCUT2D eigenvalue weighted by Gasteiger charge is -2.42. The molecule has 1 aromatic carbocycles. The minimum absolute atomic E-state index is 0.109. The molecule has 124 valence electrons. The van der Waals surface area contributed by atoms with E-state index in [1.54, 1.807) is 0 Å². The highest BCUT2D eigenvalue weighted by Gasteiger charge is 2.35. The number of nitrogens with zero attached hydrogens (tertiary/aromatic N) is 1. The number of aryl methyl sites for hydroxylation is 1. The van der Waals surface area contributed by atoms with Crippen molar-refractivity contribution >= 4 is 11.3 Å². The molecule has 1 fully saturated rings. The quantitative estimate of drug-likeness (QED) is 0.893. The average molecular weight is 333 g/mol. The molecule has 0 amide bonds. The van der Waals surface area contributed by atoms with Crippen molar-refractivity contribution in [1.82, 2.24) is 4.90 Å². The first-order chi connectivity index (χ1) is 11.1. The smallest absolute Gasteiger partial charge is 0.123 e. The fourth-order valence-corrected chi connectivity index (χ4v) is 4.53. The lowest BCUT2D eigenvalue weighted by atomic mass is 9.75. The Morgan fingerprint density at radius 1 is 1.22 bits per heavy atom. The van der Waals surface area contributed by atoms with Gasteiger partial charge in [0.2, 0.25) is 0 Å². The normalized spacial score (nSPS) is 22.4. The third-order valence-corrected chi connectivity index (χ3v) is 5.73. The second-order valence-electron chi connectivity index (χ2n) is 6.79. The van der Waals surface area contributed by atoms with E-state index in [1.807, 2.05) is 23.5 Å². The summed E-state index contributed by atoms with van der Waals surface area (Å²) in [4.78, 5) is 5.18. The molecule has 1 aliphatic rings. The summed E-state index contributed by atoms with van der Waals surface area (Å²) >= 11 is 1.85. The number of thiophene rings is 1. The Morgan fingerprint density at radius 3 is 2.65 bits per heavy atom. The first kappa shape index (κ1) is 16.6. The second kappa shape index (κ2) is 7.12. The fourth-order valence-electron chi connectivity index (χ4n) is 3.60. The van der Waals surface area contributed by atoms with Crippen LogP contribution in [0.15, 0.2) is 36.4 Å². The molecule has 1 saturated heterocycles. The number of aliphatic hydroxyl groups is 1. The van der Waals surface area contributed by atoms with Crippen LogP contribution in [0.4, 0.5) is 4.39 Å². The molecule has 0 bridgehead atoms. The highest BCUT2D eigenvalue weighted by molar-refractivity contribution is 7.11. The summed E-state index contributed by atoms with van der Waals surface area (Å²) in [5, 5.41) is 10.0. The van der Waals surface area contributed by atoms with Crippen LogP contribution in [0.25, 0.3) is 0 Å². The maximum absolute atomic E-state index is 13.1. The number of hydrogen-bond acceptors (Lipinski definition) is 3. The van der Waals surface area contributed by atoms with Crippen molar-refractivity contribution in [3.63, 3.8) is 0 Å². The van der Waals surface area contributed by atoms with Gasteiger partial charge in [-0.05, 0) is 62.6 Å². The highest BCUT2D eigenvalue weighted by atomic mass is 32.1. The SMILES string of the molecule is Cc1ccc(CN2CCCC(CO)(Cc3ccc(F)cc3)C2)s1. The zero-order valence-corrected chi connectivity index (χ0v) is 14.4. The van der Waals surface area contributed by atoms with E-state index in [-0.39, 0.29) is 17.8 Å². The van der Waals surface area contributed by atoms with Crippen LogP contribution in [0.3, 0.4) is 0 Å². The Morgan fingerprint density at radius 2 is 2.00 bits per heavy atom. The lowest BCUT2D eigenvalue weighted by molar-refractivity contribution is 0.0293. The van der Waals surface area contributed by atoms with E-state index < -0.39 is 0 Å². The molecule has 2 nitrogen and oxygen atoms in total. The van der Waals surface area contributed by atoms with Crippen LogP contribution in [-0.2, 0) is 13.0 Å². The topological polar surface area (TPSA) is 23.5 Å². The molecule has 0 radical (unpaired) electrons. The summed E-state index contributed by atoms with van der Waals surface area (Å²) < 4.78 is 13.1. The first-order valence-corrected chi connectivity index (χ1v) is 9.03. The van der Waals surface area contributed by atoms with Crippen molar-refractivity contribution in [2.45, 2.75) is 32.7 Å². The summed E-state index contributed by atoms with van der Waals surface area (Å²) in [5.41, 5.74) is 0.997. The molecule has 4 heteroatoms. The minimum atomic E-state index is -0.204. The number of hydrogen-bond donors (Lipinski definition) is 1. The molecule has 1 N–H and O–H groups in total. The molecule has 1 aliphatic heterocycles. The van der Waals surface area contributed by atoms with Crippen LogP contribution in [0.1, 0.15) is 28.2 Å². The molecule has 1 aromatic heterocycles. The number of likely N-dealkylation sites (tertiary alicyclic amines) is 1. The Labute approximate surface area is 141 Å². The van der Waals surface area contributed by atoms with Crippen molar-refractivity contribution in [3.05, 3.63) is 57.5 Å². The predicted octanol–water partition coefficient (Wildman–Crippen LogP) is 4.01. The first-order valence-electron chi connectivity index (χ1n) is 8.22. The van der Waals surface area contributed by atoms with Crippen molar-refractivity contribution in [2.75, 3.05) is 19.7 Å². The second-order valence-corrected chi connectivity index (χ2v) is 8.16. The van der Waals surface area contributed by atoms with Gasteiger partial charge >= 0.3 is 0 Å². The summed E-state index contributed by atoms with van der Waals surface area (Å²) in [6.45, 7) is 5.27. The van der Waals surface area contributed by atoms with Gasteiger partial charge in [0.15, 0.2) is 0 Å². The molecule has 1 unspecified atom stereocenters. The molecule has 3 rings (SSSR count). The van der Waals surface area contributed by atoms with Crippen LogP contribution >= 0.6 is 11.3 Å². The van der Waals surface area contributed by atoms with Gasteiger partial charge in [0, 0.05) is 28.3 Å². The van der Waals surface area contributed by atoms with Gasteiger partial charge in [0.25, 0.3) is 0 Å². The molecule has 2 heterocycles. The van der Waals surface area contributed by atoms with E-state index in [9.17, 15) is 9.50 Å². The maximum atomic E-state index is 13.1. The van der Waals surface area contributed by atoms with Crippen molar-refractivity contribution in [2.24, 2.45) is 5.41 Å². The van der Waals surface area contributed by atoms with Crippen molar-refractivity contribution in [1.29, 1.82) is 0 Å². The van der Waals surface area contributed by atoms with Crippen LogP contribution < -0.4 is 0 Å². The minimum Gasteiger partial charge on any atom is -0.396 e. The summed E-state index contributed by atoms with van der Waals surface area (Å²) in [5.74, 6) is -0.204. The van der Waals surface area contributed by atoms with E-state index in [2.05, 4.69) is 24.0 Å². The third kappa shape index (κ3) is 4.19. The lowest BCUT2D eigenvalue weighted by Crippen LogP contribution is -2.46. The Hall–Kier alpha value is -1.23. The zero-order valence-electron chi connectivity index (χ0n) is 13.6. The van der Waals surface area contributed by atoms with E-state index in [4.69, 9.17) is 0 Å². The molecule has 0 spiro atoms. The van der Waals surface area contributed by atoms with Crippen LogP contribution in [0.5, 0.6) is 0 Å². The number of rotatable bonds is 5. The van der Waals surface area contributed by atoms with E-state index in [0.717, 1.165) is 44.5 Å². The Bertz CT molecular complexity index is 639. The van der Waals surface area contributed by atoms with Crippen LogP contribution in [0.2, 0.25) is 0 Å². The average Bonchev–Trinajstić information content (AvgIpc) is 2.95. The van der Waals surface area contributed by atoms with E-state index in [0.29, 0.717) is 0 Å². The molecular formula is C19H24FNOS. The van der Waals surface area contributed by atoms with Gasteiger partial charge in [-0.25, -0.2) is 4.39 Å². The third-order valence-electron chi connectivity index (χ3n) is 4.74. The molecule has 2 aromatic rings. The van der Waals surface area contributed by atoms with Gasteiger partial charge in [-0.3, -0.25) is 4.90 Å². The van der Waals surface area contributed by atoms with Gasteiger partial charge in [-0.1, -0.05) is 12.1 Å². The number of piperidine rings is 1. The largest absolute Gasteiger partial charge is 0.396 e. The Kier molecular flexibility index (Phi) is 5.14. The van der Waals surface area contributed by atoms with Gasteiger partial charge in [-0.15, -0.1) is 11.3 Å². The molecule has 23 heavy (non-hydrogen) atoms. The predicted molar refractivity (Wildman–Crippen MR) is 93.2 cm³/mol. The standard InChI is InChI=1S/C19H24FNOS/c1-15-3-8-18(23-15)12-21-10-2-9-19(13-21,14-22)11-16-4-6-17(20)7-5-16/h3-8,22H,2,9-14H2,1H3. The zero-order chi connectivity index (χ0) is 16.3. The summed E-state index contributed by atoms with van der Waals surface area (Å²) in [6, 6.07) is 11.1. The Balaban J connectivity index is 1.69. The maximum Gasteiger partial charge on any atom is 0.123 e. The van der Waals surface area contributed by atoms with E-state index >= 15 is 0 Å². The number of halogens is 1. The monoisotopic (exact) mass is 333 g/mol. The van der Waals surface area contributed by atoms with Gasteiger partial charge in [-0.2, -0.15) is 0 Å². The highest BCUT2D eigenvalue weighted by Crippen LogP contribution is 2.34. The number of benzene rings is 1. The fraction of sp³-hybridized carbons (Fsp3) is 0.474. The van der Waals surface area contributed by atoms with Crippen molar-refractivity contribution in [3.8, 4) is 0 Å². The summed E-state index contributed by atoms with van der Waals surface area (Å²) in [6.07, 6.45) is 2.94. The molecule has 0 aliphatic carbocycles. The molecular weight excluding hydrogens is 309 g/mol. The van der Waals surface area contributed by atoms with Crippen LogP contribution in [0, 0.1) is 18.2 Å². The van der Waals surface area contributed by atoms with Crippen LogP contribution in [-0.4, -0.2) is 29.7 Å². The molecule has 0 saturated carbocycles. The summed E-state index contributed by atoms with van der Waals surface area (Å²) in [7, 11) is 0. The van der Waals surface area contributed by atoms with Gasteiger partial charge in [0.1, 0.15) is 5.82 Å². The molecule has 1 atom stereocenters. The van der Waals surface area contributed by atoms with Gasteiger partial charge in [0.05, 0.1) is 6.61 Å².